The van der Waals surface area contributed by atoms with Crippen molar-refractivity contribution in [3.63, 3.8) is 0 Å². The van der Waals surface area contributed by atoms with Gasteiger partial charge in [-0.1, -0.05) is 32.9 Å². The van der Waals surface area contributed by atoms with E-state index in [1.807, 2.05) is 30.3 Å². The number of nitriles is 1. The predicted octanol–water partition coefficient (Wildman–Crippen LogP) is 5.51. The Morgan fingerprint density at radius 3 is 2.49 bits per heavy atom. The van der Waals surface area contributed by atoms with E-state index in [4.69, 9.17) is 0 Å². The number of rotatable bonds is 12. The number of anilines is 1. The van der Waals surface area contributed by atoms with Gasteiger partial charge in [0.25, 0.3) is 5.91 Å². The molecule has 1 aromatic heterocycles. The third-order valence-corrected chi connectivity index (χ3v) is 15.3. The summed E-state index contributed by atoms with van der Waals surface area (Å²) in [5.74, 6) is 0.115. The third-order valence-electron chi connectivity index (χ3n) is 14.1. The number of carbonyl (C=O) groups excluding carboxylic acids is 5. The molecule has 4 aromatic rings. The topological polar surface area (TPSA) is 162 Å². The van der Waals surface area contributed by atoms with Crippen LogP contribution in [-0.2, 0) is 32.8 Å². The lowest BCUT2D eigenvalue weighted by molar-refractivity contribution is -0.137. The van der Waals surface area contributed by atoms with Gasteiger partial charge < -0.3 is 20.1 Å². The zero-order valence-corrected chi connectivity index (χ0v) is 37.3. The average Bonchev–Trinajstić information content (AvgIpc) is 3.85. The highest BCUT2D eigenvalue weighted by atomic mass is 32.2. The molecule has 1 atom stereocenters. The first-order valence-electron chi connectivity index (χ1n) is 22.6. The second kappa shape index (κ2) is 17.6. The van der Waals surface area contributed by atoms with E-state index < -0.39 is 17.4 Å². The van der Waals surface area contributed by atoms with Gasteiger partial charge >= 0.3 is 0 Å². The van der Waals surface area contributed by atoms with Crippen molar-refractivity contribution < 1.29 is 24.0 Å². The smallest absolute Gasteiger partial charge is 0.255 e. The van der Waals surface area contributed by atoms with Gasteiger partial charge in [0.2, 0.25) is 17.7 Å². The van der Waals surface area contributed by atoms with Crippen molar-refractivity contribution in [3.05, 3.63) is 93.2 Å². The molecule has 5 heterocycles. The summed E-state index contributed by atoms with van der Waals surface area (Å²) in [6.45, 7) is 13.5. The Bertz CT molecular complexity index is 2540. The molecule has 3 fully saturated rings. The van der Waals surface area contributed by atoms with Crippen LogP contribution >= 0.6 is 11.8 Å². The number of piperidine rings is 2. The Morgan fingerprint density at radius 2 is 1.75 bits per heavy atom. The van der Waals surface area contributed by atoms with E-state index in [0.717, 1.165) is 121 Å². The van der Waals surface area contributed by atoms with Crippen LogP contribution < -0.4 is 15.5 Å². The summed E-state index contributed by atoms with van der Waals surface area (Å²) in [6, 6.07) is 17.8. The Labute approximate surface area is 372 Å². The van der Waals surface area contributed by atoms with E-state index in [2.05, 4.69) is 69.3 Å². The number of piperazine rings is 1. The van der Waals surface area contributed by atoms with Crippen LogP contribution in [0.3, 0.4) is 0 Å². The van der Waals surface area contributed by atoms with Crippen molar-refractivity contribution in [1.29, 1.82) is 5.26 Å². The van der Waals surface area contributed by atoms with E-state index in [9.17, 15) is 29.2 Å². The van der Waals surface area contributed by atoms with Gasteiger partial charge in [0, 0.05) is 109 Å². The standard InChI is InChI=1S/C49H56N8O5S/c1-4-31-25-35-37(49(2,3)46-44(45(35)60)34-11-10-30(27-50)24-38(34)52-46)26-40(31)56-17-14-32(15-18-56)55-21-19-54(20-22-55)29-43(59)51-16-5-6-23-63-41-9-7-8-33-36(41)28-57(48(33)62)39-12-13-42(58)53-47(39)61/h7-11,24-26,32,39,52H,4-6,12-23,28-29H2,1-3H3,(H,51,59)(H,53,58,61). The fourth-order valence-corrected chi connectivity index (χ4v) is 11.6. The molecule has 63 heavy (non-hydrogen) atoms. The maximum Gasteiger partial charge on any atom is 0.255 e. The Kier molecular flexibility index (Phi) is 11.9. The number of aromatic amines is 1. The van der Waals surface area contributed by atoms with Gasteiger partial charge in [0.1, 0.15) is 6.04 Å². The lowest BCUT2D eigenvalue weighted by Gasteiger charge is -2.44. The predicted molar refractivity (Wildman–Crippen MR) is 243 cm³/mol. The van der Waals surface area contributed by atoms with Crippen LogP contribution in [0.25, 0.3) is 10.9 Å². The number of amides is 4. The normalized spacial score (nSPS) is 20.4. The highest BCUT2D eigenvalue weighted by molar-refractivity contribution is 7.99. The van der Waals surface area contributed by atoms with Gasteiger partial charge in [0.05, 0.1) is 23.7 Å². The molecule has 328 valence electrons. The number of aromatic nitrogens is 1. The number of unbranched alkanes of at least 4 members (excludes halogenated alkanes) is 1. The zero-order chi connectivity index (χ0) is 44.0. The molecule has 0 bridgehead atoms. The summed E-state index contributed by atoms with van der Waals surface area (Å²) in [7, 11) is 0. The van der Waals surface area contributed by atoms with Crippen molar-refractivity contribution in [2.45, 2.75) is 94.7 Å². The number of nitrogens with zero attached hydrogens (tertiary/aromatic N) is 5. The van der Waals surface area contributed by atoms with Gasteiger partial charge in [-0.05, 0) is 97.4 Å². The SMILES string of the molecule is CCc1cc2c(cc1N1CCC(N3CCN(CC(=O)NCCCCSc4cccc5c4CN(C4CCC(=O)NC4=O)C5=O)CC3)CC1)C(C)(C)c1[nH]c3cc(C#N)ccc3c1C2=O. The van der Waals surface area contributed by atoms with Crippen LogP contribution in [-0.4, -0.2) is 119 Å². The summed E-state index contributed by atoms with van der Waals surface area (Å²) in [5, 5.41) is 15.8. The number of H-pyrrole nitrogens is 1. The number of thioether (sulfide) groups is 1. The van der Waals surface area contributed by atoms with E-state index in [1.54, 1.807) is 22.7 Å². The van der Waals surface area contributed by atoms with Crippen molar-refractivity contribution in [3.8, 4) is 6.07 Å². The van der Waals surface area contributed by atoms with E-state index in [1.165, 1.54) is 11.3 Å². The van der Waals surface area contributed by atoms with Crippen LogP contribution in [0.1, 0.15) is 114 Å². The fraction of sp³-hybridized carbons (Fsp3) is 0.469. The number of imide groups is 1. The van der Waals surface area contributed by atoms with Crippen LogP contribution in [0.15, 0.2) is 53.4 Å². The maximum atomic E-state index is 14.1. The van der Waals surface area contributed by atoms with E-state index in [-0.39, 0.29) is 29.9 Å². The van der Waals surface area contributed by atoms with Crippen LogP contribution in [0, 0.1) is 11.3 Å². The molecule has 3 saturated heterocycles. The molecule has 3 aromatic carbocycles. The van der Waals surface area contributed by atoms with Crippen LogP contribution in [0.5, 0.6) is 0 Å². The number of carbonyl (C=O) groups is 5. The van der Waals surface area contributed by atoms with E-state index in [0.29, 0.717) is 43.2 Å². The molecule has 13 nitrogen and oxygen atoms in total. The van der Waals surface area contributed by atoms with Crippen molar-refractivity contribution in [1.82, 2.24) is 30.3 Å². The molecule has 1 unspecified atom stereocenters. The third kappa shape index (κ3) is 8.15. The Morgan fingerprint density at radius 1 is 0.952 bits per heavy atom. The van der Waals surface area contributed by atoms with Gasteiger partial charge in [-0.25, -0.2) is 0 Å². The second-order valence-electron chi connectivity index (χ2n) is 18.2. The molecule has 0 radical (unpaired) electrons. The monoisotopic (exact) mass is 868 g/mol. The lowest BCUT2D eigenvalue weighted by atomic mass is 9.70. The van der Waals surface area contributed by atoms with Gasteiger partial charge in [0.15, 0.2) is 5.78 Å². The number of aryl methyl sites for hydroxylation is 1. The number of nitrogens with one attached hydrogen (secondary N) is 3. The van der Waals surface area contributed by atoms with E-state index >= 15 is 0 Å². The summed E-state index contributed by atoms with van der Waals surface area (Å²) in [4.78, 5) is 77.9. The van der Waals surface area contributed by atoms with Crippen molar-refractivity contribution in [2.75, 3.05) is 63.0 Å². The summed E-state index contributed by atoms with van der Waals surface area (Å²) < 4.78 is 0. The molecular weight excluding hydrogens is 813 g/mol. The average molecular weight is 869 g/mol. The molecule has 3 N–H and O–H groups in total. The first kappa shape index (κ1) is 42.8. The first-order valence-corrected chi connectivity index (χ1v) is 23.6. The summed E-state index contributed by atoms with van der Waals surface area (Å²) >= 11 is 1.70. The lowest BCUT2D eigenvalue weighted by Crippen LogP contribution is -2.54. The number of hydrogen-bond acceptors (Lipinski definition) is 10. The molecule has 0 saturated carbocycles. The zero-order valence-electron chi connectivity index (χ0n) is 36.5. The molecule has 4 amide bonds. The minimum Gasteiger partial charge on any atom is -0.371 e. The fourth-order valence-electron chi connectivity index (χ4n) is 10.5. The quantitative estimate of drug-likeness (QED) is 0.0942. The van der Waals surface area contributed by atoms with Gasteiger partial charge in [-0.3, -0.25) is 39.1 Å². The summed E-state index contributed by atoms with van der Waals surface area (Å²) in [6.07, 6.45) is 5.34. The number of hydrogen-bond donors (Lipinski definition) is 3. The second-order valence-corrected chi connectivity index (χ2v) is 19.3. The highest BCUT2D eigenvalue weighted by Gasteiger charge is 2.42. The molecule has 1 aliphatic carbocycles. The molecule has 4 aliphatic heterocycles. The first-order chi connectivity index (χ1) is 30.4. The van der Waals surface area contributed by atoms with Gasteiger partial charge in [-0.15, -0.1) is 11.8 Å². The Balaban J connectivity index is 0.710. The highest BCUT2D eigenvalue weighted by Crippen LogP contribution is 2.46. The van der Waals surface area contributed by atoms with Gasteiger partial charge in [-0.2, -0.15) is 5.26 Å². The molecule has 5 aliphatic rings. The molecular formula is C49H56N8O5S. The molecule has 9 rings (SSSR count). The minimum absolute atomic E-state index is 0.0502. The number of benzene rings is 3. The number of ketones is 1. The molecule has 14 heteroatoms. The Hall–Kier alpha value is -5.49. The molecule has 0 spiro atoms. The van der Waals surface area contributed by atoms with Crippen LogP contribution in [0.2, 0.25) is 0 Å². The largest absolute Gasteiger partial charge is 0.371 e. The maximum absolute atomic E-state index is 14.1. The van der Waals surface area contributed by atoms with Crippen molar-refractivity contribution >= 4 is 57.8 Å². The van der Waals surface area contributed by atoms with Crippen molar-refractivity contribution in [2.24, 2.45) is 0 Å². The minimum atomic E-state index is -0.622. The van der Waals surface area contributed by atoms with Crippen LogP contribution in [0.4, 0.5) is 5.69 Å². The number of fused-ring (bicyclic) bond motifs is 5. The summed E-state index contributed by atoms with van der Waals surface area (Å²) in [5.41, 5.74) is 8.46.